The molecule has 0 radical (unpaired) electrons. The number of allylic oxidation sites excluding steroid dienone is 1. The summed E-state index contributed by atoms with van der Waals surface area (Å²) in [5.41, 5.74) is 1.26. The van der Waals surface area contributed by atoms with Gasteiger partial charge in [0.05, 0.1) is 5.60 Å². The quantitative estimate of drug-likeness (QED) is 0.569. The molecule has 3 nitrogen and oxygen atoms in total. The van der Waals surface area contributed by atoms with Crippen molar-refractivity contribution in [3.8, 4) is 0 Å². The molecule has 1 atom stereocenters. The van der Waals surface area contributed by atoms with E-state index in [1.54, 1.807) is 6.92 Å². The van der Waals surface area contributed by atoms with Crippen LogP contribution in [0.25, 0.3) is 6.08 Å². The van der Waals surface area contributed by atoms with Crippen LogP contribution in [0, 0.1) is 5.92 Å². The van der Waals surface area contributed by atoms with E-state index in [2.05, 4.69) is 6.92 Å². The third kappa shape index (κ3) is 13.6. The highest BCUT2D eigenvalue weighted by molar-refractivity contribution is 5.80. The maximum atomic E-state index is 10.2. The minimum atomic E-state index is -0.555. The molecule has 1 rings (SSSR count). The average Bonchev–Trinajstić information content (AvgIpc) is 2.48. The van der Waals surface area contributed by atoms with Gasteiger partial charge in [0.15, 0.2) is 0 Å². The number of carbonyl (C=O) groups is 2. The summed E-state index contributed by atoms with van der Waals surface area (Å²) >= 11 is 0. The van der Waals surface area contributed by atoms with Gasteiger partial charge in [-0.15, -0.1) is 0 Å². The van der Waals surface area contributed by atoms with Crippen LogP contribution in [0.15, 0.2) is 35.9 Å². The van der Waals surface area contributed by atoms with Crippen molar-refractivity contribution in [3.63, 3.8) is 0 Å². The molecule has 1 N–H and O–H groups in total. The minimum Gasteiger partial charge on any atom is -0.390 e. The number of rotatable bonds is 8. The van der Waals surface area contributed by atoms with Crippen LogP contribution in [0.2, 0.25) is 0 Å². The SMILES string of the molecule is C/C(C=O)=C\c1ccccc1.CC(CC=O)CCCC(C)(C)O. The van der Waals surface area contributed by atoms with E-state index in [-0.39, 0.29) is 0 Å². The molecular formula is C20H30O3. The van der Waals surface area contributed by atoms with Crippen molar-refractivity contribution in [1.82, 2.24) is 0 Å². The molecule has 0 fully saturated rings. The van der Waals surface area contributed by atoms with E-state index in [1.807, 2.05) is 50.3 Å². The van der Waals surface area contributed by atoms with Gasteiger partial charge >= 0.3 is 0 Å². The Hall–Kier alpha value is -1.74. The first-order chi connectivity index (χ1) is 10.8. The van der Waals surface area contributed by atoms with E-state index in [4.69, 9.17) is 0 Å². The fraction of sp³-hybridized carbons (Fsp3) is 0.500. The molecule has 0 amide bonds. The molecule has 0 heterocycles. The van der Waals surface area contributed by atoms with Crippen molar-refractivity contribution in [3.05, 3.63) is 41.5 Å². The smallest absolute Gasteiger partial charge is 0.145 e. The van der Waals surface area contributed by atoms with Gasteiger partial charge in [-0.05, 0) is 50.3 Å². The Morgan fingerprint density at radius 2 is 1.83 bits per heavy atom. The van der Waals surface area contributed by atoms with Crippen LogP contribution in [0.3, 0.4) is 0 Å². The predicted molar refractivity (Wildman–Crippen MR) is 96.2 cm³/mol. The molecule has 0 aliphatic heterocycles. The van der Waals surface area contributed by atoms with Gasteiger partial charge in [0.25, 0.3) is 0 Å². The maximum Gasteiger partial charge on any atom is 0.145 e. The van der Waals surface area contributed by atoms with Gasteiger partial charge < -0.3 is 9.90 Å². The van der Waals surface area contributed by atoms with Crippen molar-refractivity contribution < 1.29 is 14.7 Å². The third-order valence-electron chi connectivity index (χ3n) is 3.36. The number of benzene rings is 1. The molecule has 3 heteroatoms. The molecule has 0 aliphatic carbocycles. The van der Waals surface area contributed by atoms with Crippen molar-refractivity contribution >= 4 is 18.6 Å². The zero-order valence-corrected chi connectivity index (χ0v) is 14.8. The topological polar surface area (TPSA) is 54.4 Å². The average molecular weight is 318 g/mol. The molecule has 0 saturated carbocycles. The third-order valence-corrected chi connectivity index (χ3v) is 3.36. The van der Waals surface area contributed by atoms with Crippen LogP contribution in [-0.4, -0.2) is 23.3 Å². The van der Waals surface area contributed by atoms with Crippen LogP contribution in [0.4, 0.5) is 0 Å². The first kappa shape index (κ1) is 21.3. The lowest BCUT2D eigenvalue weighted by Gasteiger charge is -2.17. The molecule has 128 valence electrons. The second-order valence-electron chi connectivity index (χ2n) is 6.63. The van der Waals surface area contributed by atoms with Gasteiger partial charge in [0.1, 0.15) is 12.6 Å². The van der Waals surface area contributed by atoms with Crippen molar-refractivity contribution in [1.29, 1.82) is 0 Å². The number of carbonyl (C=O) groups excluding carboxylic acids is 2. The summed E-state index contributed by atoms with van der Waals surface area (Å²) in [6.07, 6.45) is 7.16. The molecule has 0 aliphatic rings. The predicted octanol–water partition coefficient (Wildman–Crippen LogP) is 4.44. The first-order valence-corrected chi connectivity index (χ1v) is 8.13. The number of aliphatic hydroxyl groups is 1. The standard InChI is InChI=1S/C10H20O2.C10H10O/c1-9(6-8-11)5-4-7-10(2,3)12;1-9(8-11)7-10-5-3-2-4-6-10/h8-9,12H,4-7H2,1-3H3;2-8H,1H3/b;9-7+. The van der Waals surface area contributed by atoms with Crippen molar-refractivity contribution in [2.75, 3.05) is 0 Å². The highest BCUT2D eigenvalue weighted by Gasteiger charge is 2.12. The Bertz CT molecular complexity index is 469. The van der Waals surface area contributed by atoms with E-state index in [1.165, 1.54) is 0 Å². The summed E-state index contributed by atoms with van der Waals surface area (Å²) in [6, 6.07) is 9.78. The summed E-state index contributed by atoms with van der Waals surface area (Å²) in [6.45, 7) is 7.49. The Morgan fingerprint density at radius 3 is 2.30 bits per heavy atom. The lowest BCUT2D eigenvalue weighted by molar-refractivity contribution is -0.108. The molecule has 1 aromatic carbocycles. The number of hydrogen-bond donors (Lipinski definition) is 1. The van der Waals surface area contributed by atoms with E-state index in [0.717, 1.165) is 43.0 Å². The molecule has 0 bridgehead atoms. The zero-order chi connectivity index (χ0) is 17.7. The van der Waals surface area contributed by atoms with E-state index >= 15 is 0 Å². The van der Waals surface area contributed by atoms with Gasteiger partial charge in [0.2, 0.25) is 0 Å². The summed E-state index contributed by atoms with van der Waals surface area (Å²) in [5, 5.41) is 9.39. The van der Waals surface area contributed by atoms with Crippen LogP contribution >= 0.6 is 0 Å². The molecule has 23 heavy (non-hydrogen) atoms. The molecule has 0 aromatic heterocycles. The molecule has 0 spiro atoms. The second-order valence-corrected chi connectivity index (χ2v) is 6.63. The molecule has 1 unspecified atom stereocenters. The fourth-order valence-corrected chi connectivity index (χ4v) is 2.01. The maximum absolute atomic E-state index is 10.2. The Kier molecular flexibility index (Phi) is 10.9. The summed E-state index contributed by atoms with van der Waals surface area (Å²) < 4.78 is 0. The van der Waals surface area contributed by atoms with E-state index in [9.17, 15) is 14.7 Å². The highest BCUT2D eigenvalue weighted by Crippen LogP contribution is 2.16. The lowest BCUT2D eigenvalue weighted by Crippen LogP contribution is -2.18. The first-order valence-electron chi connectivity index (χ1n) is 8.13. The van der Waals surface area contributed by atoms with E-state index in [0.29, 0.717) is 12.3 Å². The van der Waals surface area contributed by atoms with Crippen molar-refractivity contribution in [2.45, 2.75) is 59.0 Å². The van der Waals surface area contributed by atoms with Gasteiger partial charge in [-0.25, -0.2) is 0 Å². The summed E-state index contributed by atoms with van der Waals surface area (Å²) in [4.78, 5) is 20.4. The number of aldehydes is 2. The highest BCUT2D eigenvalue weighted by atomic mass is 16.3. The van der Waals surface area contributed by atoms with E-state index < -0.39 is 5.60 Å². The van der Waals surface area contributed by atoms with Crippen LogP contribution in [0.1, 0.15) is 58.9 Å². The van der Waals surface area contributed by atoms with Crippen LogP contribution in [0.5, 0.6) is 0 Å². The minimum absolute atomic E-state index is 0.463. The fourth-order valence-electron chi connectivity index (χ4n) is 2.01. The normalized spacial score (nSPS) is 12.8. The Labute approximate surface area is 140 Å². The monoisotopic (exact) mass is 318 g/mol. The second kappa shape index (κ2) is 11.8. The number of hydrogen-bond acceptors (Lipinski definition) is 3. The Morgan fingerprint density at radius 1 is 1.22 bits per heavy atom. The van der Waals surface area contributed by atoms with Gasteiger partial charge in [-0.1, -0.05) is 50.1 Å². The molecular weight excluding hydrogens is 288 g/mol. The largest absolute Gasteiger partial charge is 0.390 e. The zero-order valence-electron chi connectivity index (χ0n) is 14.8. The van der Waals surface area contributed by atoms with Crippen LogP contribution < -0.4 is 0 Å². The van der Waals surface area contributed by atoms with Gasteiger partial charge in [0, 0.05) is 6.42 Å². The lowest BCUT2D eigenvalue weighted by atomic mass is 9.96. The van der Waals surface area contributed by atoms with Crippen molar-refractivity contribution in [2.24, 2.45) is 5.92 Å². The summed E-state index contributed by atoms with van der Waals surface area (Å²) in [5.74, 6) is 0.463. The Balaban J connectivity index is 0.000000422. The summed E-state index contributed by atoms with van der Waals surface area (Å²) in [7, 11) is 0. The molecule has 0 saturated heterocycles. The molecule has 1 aromatic rings. The van der Waals surface area contributed by atoms with Gasteiger partial charge in [-0.2, -0.15) is 0 Å². The van der Waals surface area contributed by atoms with Gasteiger partial charge in [-0.3, -0.25) is 4.79 Å². The van der Waals surface area contributed by atoms with Crippen LogP contribution in [-0.2, 0) is 9.59 Å².